The molecule has 2 N–H and O–H groups in total. The molecule has 0 bridgehead atoms. The second kappa shape index (κ2) is 8.27. The van der Waals surface area contributed by atoms with Crippen molar-refractivity contribution in [3.8, 4) is 11.5 Å². The van der Waals surface area contributed by atoms with E-state index in [1.54, 1.807) is 12.1 Å². The first-order valence-electron chi connectivity index (χ1n) is 9.26. The summed E-state index contributed by atoms with van der Waals surface area (Å²) < 4.78 is 22.2. The molecule has 28 heavy (non-hydrogen) atoms. The normalized spacial score (nSPS) is 26.9. The van der Waals surface area contributed by atoms with E-state index in [9.17, 15) is 10.2 Å². The van der Waals surface area contributed by atoms with Crippen molar-refractivity contribution >= 4 is 11.6 Å². The number of fused-ring (bicyclic) bond motifs is 1. The lowest BCUT2D eigenvalue weighted by Gasteiger charge is -2.36. The van der Waals surface area contributed by atoms with Crippen LogP contribution in [0.3, 0.4) is 0 Å². The first-order valence-corrected chi connectivity index (χ1v) is 9.64. The molecular formula is C21H23ClO6. The van der Waals surface area contributed by atoms with Gasteiger partial charge in [0.2, 0.25) is 0 Å². The zero-order valence-corrected chi connectivity index (χ0v) is 16.3. The van der Waals surface area contributed by atoms with E-state index in [1.165, 1.54) is 7.11 Å². The number of methoxy groups -OCH3 is 1. The van der Waals surface area contributed by atoms with Gasteiger partial charge in [0.1, 0.15) is 25.4 Å². The van der Waals surface area contributed by atoms with Crippen LogP contribution in [0.1, 0.15) is 29.2 Å². The van der Waals surface area contributed by atoms with Gasteiger partial charge in [-0.1, -0.05) is 29.8 Å². The van der Waals surface area contributed by atoms with Crippen molar-refractivity contribution in [3.05, 3.63) is 58.1 Å². The quantitative estimate of drug-likeness (QED) is 0.813. The number of halogens is 1. The zero-order valence-electron chi connectivity index (χ0n) is 15.5. The van der Waals surface area contributed by atoms with Gasteiger partial charge < -0.3 is 29.2 Å². The van der Waals surface area contributed by atoms with E-state index >= 15 is 0 Å². The summed E-state index contributed by atoms with van der Waals surface area (Å²) in [5, 5.41) is 21.1. The second-order valence-electron chi connectivity index (χ2n) is 7.02. The van der Waals surface area contributed by atoms with Crippen molar-refractivity contribution < 1.29 is 29.2 Å². The predicted octanol–water partition coefficient (Wildman–Crippen LogP) is 2.86. The molecule has 6 nitrogen and oxygen atoms in total. The van der Waals surface area contributed by atoms with E-state index in [1.807, 2.05) is 24.3 Å². The summed E-state index contributed by atoms with van der Waals surface area (Å²) in [5.74, 6) is 1.47. The molecule has 0 amide bonds. The van der Waals surface area contributed by atoms with Crippen LogP contribution in [0.2, 0.25) is 5.02 Å². The van der Waals surface area contributed by atoms with Crippen LogP contribution >= 0.6 is 11.6 Å². The average molecular weight is 407 g/mol. The van der Waals surface area contributed by atoms with Gasteiger partial charge in [-0.3, -0.25) is 0 Å². The molecule has 0 radical (unpaired) electrons. The smallest absolute Gasteiger partial charge is 0.161 e. The predicted molar refractivity (Wildman–Crippen MR) is 103 cm³/mol. The third-order valence-corrected chi connectivity index (χ3v) is 5.47. The summed E-state index contributed by atoms with van der Waals surface area (Å²) in [5.41, 5.74) is 2.66. The van der Waals surface area contributed by atoms with Gasteiger partial charge in [0.05, 0.1) is 6.10 Å². The van der Waals surface area contributed by atoms with Crippen LogP contribution in [-0.4, -0.2) is 49.0 Å². The Hall–Kier alpha value is -1.83. The number of benzene rings is 2. The zero-order chi connectivity index (χ0) is 19.7. The molecule has 0 spiro atoms. The summed E-state index contributed by atoms with van der Waals surface area (Å²) in [6.07, 6.45) is -2.39. The van der Waals surface area contributed by atoms with Gasteiger partial charge in [-0.2, -0.15) is 0 Å². The van der Waals surface area contributed by atoms with Crippen molar-refractivity contribution in [2.45, 2.75) is 37.4 Å². The van der Waals surface area contributed by atoms with Crippen molar-refractivity contribution in [3.63, 3.8) is 0 Å². The number of hydrogen-bond acceptors (Lipinski definition) is 6. The molecule has 7 heteroatoms. The molecule has 2 aliphatic rings. The highest BCUT2D eigenvalue weighted by atomic mass is 35.5. The highest BCUT2D eigenvalue weighted by Gasteiger charge is 2.37. The van der Waals surface area contributed by atoms with E-state index in [2.05, 4.69) is 0 Å². The van der Waals surface area contributed by atoms with E-state index in [-0.39, 0.29) is 6.42 Å². The molecule has 1 fully saturated rings. The Morgan fingerprint density at radius 3 is 2.64 bits per heavy atom. The maximum Gasteiger partial charge on any atom is 0.161 e. The van der Waals surface area contributed by atoms with Crippen LogP contribution in [0.4, 0.5) is 0 Å². The maximum absolute atomic E-state index is 10.4. The van der Waals surface area contributed by atoms with Crippen molar-refractivity contribution in [2.24, 2.45) is 0 Å². The Labute approximate surface area is 168 Å². The van der Waals surface area contributed by atoms with E-state index in [0.717, 1.165) is 28.2 Å². The van der Waals surface area contributed by atoms with Gasteiger partial charge in [0, 0.05) is 18.6 Å². The number of aliphatic hydroxyl groups is 2. The molecule has 4 rings (SSSR count). The molecule has 4 atom stereocenters. The fraction of sp³-hybridized carbons (Fsp3) is 0.429. The number of hydrogen-bond donors (Lipinski definition) is 2. The lowest BCUT2D eigenvalue weighted by Crippen LogP contribution is -2.44. The Balaban J connectivity index is 1.59. The third-order valence-electron chi connectivity index (χ3n) is 5.10. The van der Waals surface area contributed by atoms with Gasteiger partial charge in [-0.25, -0.2) is 0 Å². The van der Waals surface area contributed by atoms with E-state index in [0.29, 0.717) is 24.7 Å². The highest BCUT2D eigenvalue weighted by Crippen LogP contribution is 2.35. The fourth-order valence-corrected chi connectivity index (χ4v) is 3.77. The van der Waals surface area contributed by atoms with Crippen LogP contribution < -0.4 is 9.47 Å². The minimum absolute atomic E-state index is 0.228. The molecule has 0 saturated carbocycles. The molecule has 0 aliphatic carbocycles. The Bertz CT molecular complexity index is 842. The molecule has 2 aliphatic heterocycles. The molecule has 2 unspecified atom stereocenters. The lowest BCUT2D eigenvalue weighted by atomic mass is 9.93. The average Bonchev–Trinajstić information content (AvgIpc) is 2.71. The molecule has 2 aromatic carbocycles. The van der Waals surface area contributed by atoms with Gasteiger partial charge in [-0.15, -0.1) is 0 Å². The molecule has 2 heterocycles. The number of ether oxygens (including phenoxy) is 4. The summed E-state index contributed by atoms with van der Waals surface area (Å²) in [6, 6.07) is 11.3. The summed E-state index contributed by atoms with van der Waals surface area (Å²) in [4.78, 5) is 0. The maximum atomic E-state index is 10.4. The van der Waals surface area contributed by atoms with Crippen LogP contribution in [0, 0.1) is 0 Å². The van der Waals surface area contributed by atoms with Crippen molar-refractivity contribution in [2.75, 3.05) is 20.3 Å². The van der Waals surface area contributed by atoms with Gasteiger partial charge in [0.15, 0.2) is 17.8 Å². The fourth-order valence-electron chi connectivity index (χ4n) is 3.59. The van der Waals surface area contributed by atoms with E-state index < -0.39 is 24.6 Å². The minimum Gasteiger partial charge on any atom is -0.486 e. The Kier molecular flexibility index (Phi) is 5.75. The minimum atomic E-state index is -1.03. The second-order valence-corrected chi connectivity index (χ2v) is 7.43. The Morgan fingerprint density at radius 2 is 1.86 bits per heavy atom. The molecule has 150 valence electrons. The number of aliphatic hydroxyl groups excluding tert-OH is 2. The monoisotopic (exact) mass is 406 g/mol. The summed E-state index contributed by atoms with van der Waals surface area (Å²) >= 11 is 6.42. The topological polar surface area (TPSA) is 77.4 Å². The molecule has 2 aromatic rings. The van der Waals surface area contributed by atoms with Gasteiger partial charge in [-0.05, 0) is 41.3 Å². The van der Waals surface area contributed by atoms with Crippen LogP contribution in [0.15, 0.2) is 36.4 Å². The van der Waals surface area contributed by atoms with Crippen molar-refractivity contribution in [1.82, 2.24) is 0 Å². The Morgan fingerprint density at radius 1 is 1.07 bits per heavy atom. The first kappa shape index (κ1) is 19.5. The highest BCUT2D eigenvalue weighted by molar-refractivity contribution is 6.31. The van der Waals surface area contributed by atoms with E-state index in [4.69, 9.17) is 30.5 Å². The van der Waals surface area contributed by atoms with Crippen LogP contribution in [0.25, 0.3) is 0 Å². The largest absolute Gasteiger partial charge is 0.486 e. The summed E-state index contributed by atoms with van der Waals surface area (Å²) in [7, 11) is 1.52. The molecule has 1 saturated heterocycles. The standard InChI is InChI=1S/C21H23ClO6/c1-25-19-11-16(23)20(24)21(28-19)13-3-4-15(22)14(10-13)8-12-2-5-17-18(9-12)27-7-6-26-17/h2-5,9-10,16,19-21,23-24H,6-8,11H2,1H3/t16?,19-,20-,21?/m1/s1. The van der Waals surface area contributed by atoms with Crippen LogP contribution in [-0.2, 0) is 15.9 Å². The SMILES string of the molecule is CO[C@H]1CC(O)[C@@H](O)C(c2ccc(Cl)c(Cc3ccc4c(c3)OCCO4)c2)O1. The lowest BCUT2D eigenvalue weighted by molar-refractivity contribution is -0.245. The number of rotatable bonds is 4. The first-order chi connectivity index (χ1) is 13.5. The summed E-state index contributed by atoms with van der Waals surface area (Å²) in [6.45, 7) is 1.09. The molecule has 0 aromatic heterocycles. The van der Waals surface area contributed by atoms with Gasteiger partial charge in [0.25, 0.3) is 0 Å². The molecular weight excluding hydrogens is 384 g/mol. The third kappa shape index (κ3) is 3.97. The van der Waals surface area contributed by atoms with Gasteiger partial charge >= 0.3 is 0 Å². The van der Waals surface area contributed by atoms with Crippen molar-refractivity contribution in [1.29, 1.82) is 0 Å². The van der Waals surface area contributed by atoms with Crippen LogP contribution in [0.5, 0.6) is 11.5 Å².